The first-order valence-electron chi connectivity index (χ1n) is 5.56. The Balaban J connectivity index is 2.13. The Morgan fingerprint density at radius 3 is 3.06 bits per heavy atom. The minimum atomic E-state index is -0.923. The van der Waals surface area contributed by atoms with Crippen molar-refractivity contribution in [2.24, 2.45) is 0 Å². The predicted octanol–water partition coefficient (Wildman–Crippen LogP) is 1.76. The van der Waals surface area contributed by atoms with Gasteiger partial charge in [0.2, 0.25) is 0 Å². The van der Waals surface area contributed by atoms with Gasteiger partial charge in [0.1, 0.15) is 11.9 Å². The molecule has 1 atom stereocenters. The number of ether oxygens (including phenoxy) is 1. The molecule has 1 heterocycles. The number of halogens is 2. The molecule has 6 heteroatoms. The van der Waals surface area contributed by atoms with E-state index in [0.717, 1.165) is 0 Å². The van der Waals surface area contributed by atoms with Crippen LogP contribution >= 0.6 is 11.6 Å². The minimum Gasteiger partial charge on any atom is -0.480 e. The highest BCUT2D eigenvalue weighted by Gasteiger charge is 2.29. The summed E-state index contributed by atoms with van der Waals surface area (Å²) in [7, 11) is 0. The summed E-state index contributed by atoms with van der Waals surface area (Å²) < 4.78 is 18.1. The highest BCUT2D eigenvalue weighted by Crippen LogP contribution is 2.21. The van der Waals surface area contributed by atoms with Crippen molar-refractivity contribution < 1.29 is 19.0 Å². The molecule has 2 rings (SSSR count). The molecule has 0 aromatic heterocycles. The molecule has 0 amide bonds. The van der Waals surface area contributed by atoms with Crippen LogP contribution in [-0.2, 0) is 16.1 Å². The van der Waals surface area contributed by atoms with E-state index < -0.39 is 17.8 Å². The fraction of sp³-hybridized carbons (Fsp3) is 0.417. The molecule has 1 N–H and O–H groups in total. The average Bonchev–Trinajstić information content (AvgIpc) is 2.33. The number of benzene rings is 1. The summed E-state index contributed by atoms with van der Waals surface area (Å²) in [5, 5.41) is 9.40. The minimum absolute atomic E-state index is 0.161. The molecule has 1 fully saturated rings. The van der Waals surface area contributed by atoms with Crippen molar-refractivity contribution in [3.63, 3.8) is 0 Å². The lowest BCUT2D eigenvalue weighted by Gasteiger charge is -2.32. The van der Waals surface area contributed by atoms with Crippen molar-refractivity contribution in [3.05, 3.63) is 34.6 Å². The van der Waals surface area contributed by atoms with E-state index in [1.54, 1.807) is 11.0 Å². The molecule has 0 bridgehead atoms. The van der Waals surface area contributed by atoms with E-state index in [1.807, 2.05) is 0 Å². The van der Waals surface area contributed by atoms with E-state index in [2.05, 4.69) is 0 Å². The van der Waals surface area contributed by atoms with Crippen LogP contribution in [0.3, 0.4) is 0 Å². The molecule has 0 aliphatic carbocycles. The third kappa shape index (κ3) is 2.98. The van der Waals surface area contributed by atoms with Gasteiger partial charge in [0.05, 0.1) is 13.2 Å². The van der Waals surface area contributed by atoms with E-state index in [1.165, 1.54) is 12.1 Å². The smallest absolute Gasteiger partial charge is 0.323 e. The van der Waals surface area contributed by atoms with Crippen molar-refractivity contribution in [1.29, 1.82) is 0 Å². The standard InChI is InChI=1S/C12H13ClFNO3/c13-10-5-9(14)2-1-8(10)6-15-3-4-18-7-11(15)12(16)17/h1-2,5,11H,3-4,6-7H2,(H,16,17). The van der Waals surface area contributed by atoms with Crippen LogP contribution in [0.2, 0.25) is 5.02 Å². The normalized spacial score (nSPS) is 20.9. The first kappa shape index (κ1) is 13.3. The van der Waals surface area contributed by atoms with E-state index in [-0.39, 0.29) is 6.61 Å². The number of carbonyl (C=O) groups is 1. The Morgan fingerprint density at radius 1 is 1.61 bits per heavy atom. The lowest BCUT2D eigenvalue weighted by Crippen LogP contribution is -2.49. The molecular formula is C12H13ClFNO3. The van der Waals surface area contributed by atoms with Gasteiger partial charge in [-0.3, -0.25) is 9.69 Å². The second-order valence-corrected chi connectivity index (χ2v) is 4.54. The summed E-state index contributed by atoms with van der Waals surface area (Å²) in [6.07, 6.45) is 0. The zero-order chi connectivity index (χ0) is 13.1. The number of carboxylic acids is 1. The molecule has 4 nitrogen and oxygen atoms in total. The molecule has 98 valence electrons. The van der Waals surface area contributed by atoms with Crippen LogP contribution in [0.1, 0.15) is 5.56 Å². The lowest BCUT2D eigenvalue weighted by atomic mass is 10.1. The van der Waals surface area contributed by atoms with Crippen LogP contribution in [0, 0.1) is 5.82 Å². The first-order chi connectivity index (χ1) is 8.58. The van der Waals surface area contributed by atoms with Gasteiger partial charge in [-0.1, -0.05) is 17.7 Å². The number of morpholine rings is 1. The molecule has 1 saturated heterocycles. The van der Waals surface area contributed by atoms with E-state index in [4.69, 9.17) is 21.4 Å². The molecule has 1 aliphatic rings. The molecular weight excluding hydrogens is 261 g/mol. The number of nitrogens with zero attached hydrogens (tertiary/aromatic N) is 1. The van der Waals surface area contributed by atoms with Gasteiger partial charge >= 0.3 is 5.97 Å². The average molecular weight is 274 g/mol. The van der Waals surface area contributed by atoms with Gasteiger partial charge in [-0.2, -0.15) is 0 Å². The van der Waals surface area contributed by atoms with E-state index in [9.17, 15) is 9.18 Å². The van der Waals surface area contributed by atoms with Gasteiger partial charge in [0.25, 0.3) is 0 Å². The quantitative estimate of drug-likeness (QED) is 0.912. The van der Waals surface area contributed by atoms with Crippen LogP contribution in [0.25, 0.3) is 0 Å². The maximum Gasteiger partial charge on any atom is 0.323 e. The highest BCUT2D eigenvalue weighted by atomic mass is 35.5. The van der Waals surface area contributed by atoms with Gasteiger partial charge in [-0.15, -0.1) is 0 Å². The second-order valence-electron chi connectivity index (χ2n) is 4.14. The largest absolute Gasteiger partial charge is 0.480 e. The summed E-state index contributed by atoms with van der Waals surface area (Å²) in [6.45, 7) is 1.54. The molecule has 1 unspecified atom stereocenters. The topological polar surface area (TPSA) is 49.8 Å². The zero-order valence-corrected chi connectivity index (χ0v) is 10.4. The van der Waals surface area contributed by atoms with Gasteiger partial charge in [0, 0.05) is 18.1 Å². The van der Waals surface area contributed by atoms with Crippen molar-refractivity contribution in [2.75, 3.05) is 19.8 Å². The third-order valence-electron chi connectivity index (χ3n) is 2.91. The van der Waals surface area contributed by atoms with E-state index >= 15 is 0 Å². The van der Waals surface area contributed by atoms with Gasteiger partial charge < -0.3 is 9.84 Å². The summed E-state index contributed by atoms with van der Waals surface area (Å²) in [5.74, 6) is -1.33. The fourth-order valence-electron chi connectivity index (χ4n) is 1.92. The summed E-state index contributed by atoms with van der Waals surface area (Å²) >= 11 is 5.93. The van der Waals surface area contributed by atoms with Gasteiger partial charge in [0.15, 0.2) is 0 Å². The van der Waals surface area contributed by atoms with Crippen LogP contribution < -0.4 is 0 Å². The van der Waals surface area contributed by atoms with Crippen molar-refractivity contribution >= 4 is 17.6 Å². The van der Waals surface area contributed by atoms with Gasteiger partial charge in [-0.25, -0.2) is 4.39 Å². The van der Waals surface area contributed by atoms with Crippen molar-refractivity contribution in [3.8, 4) is 0 Å². The second kappa shape index (κ2) is 5.65. The molecule has 1 aromatic rings. The Morgan fingerprint density at radius 2 is 2.39 bits per heavy atom. The molecule has 1 aromatic carbocycles. The van der Waals surface area contributed by atoms with Crippen LogP contribution in [0.15, 0.2) is 18.2 Å². The monoisotopic (exact) mass is 273 g/mol. The Kier molecular flexibility index (Phi) is 4.16. The number of hydrogen-bond acceptors (Lipinski definition) is 3. The zero-order valence-electron chi connectivity index (χ0n) is 9.60. The Hall–Kier alpha value is -1.17. The molecule has 18 heavy (non-hydrogen) atoms. The molecule has 0 saturated carbocycles. The third-order valence-corrected chi connectivity index (χ3v) is 3.26. The van der Waals surface area contributed by atoms with Crippen LogP contribution in [0.5, 0.6) is 0 Å². The van der Waals surface area contributed by atoms with Gasteiger partial charge in [-0.05, 0) is 17.7 Å². The molecule has 0 spiro atoms. The number of carboxylic acid groups (broad SMARTS) is 1. The highest BCUT2D eigenvalue weighted by molar-refractivity contribution is 6.31. The molecule has 1 aliphatic heterocycles. The van der Waals surface area contributed by atoms with Crippen molar-refractivity contribution in [1.82, 2.24) is 4.90 Å². The number of aliphatic carboxylic acids is 1. The first-order valence-corrected chi connectivity index (χ1v) is 5.94. The number of rotatable bonds is 3. The Bertz CT molecular complexity index is 455. The SMILES string of the molecule is O=C(O)C1COCCN1Cc1ccc(F)cc1Cl. The summed E-state index contributed by atoms with van der Waals surface area (Å²) in [5.41, 5.74) is 0.714. The number of hydrogen-bond donors (Lipinski definition) is 1. The van der Waals surface area contributed by atoms with Crippen LogP contribution in [0.4, 0.5) is 4.39 Å². The van der Waals surface area contributed by atoms with E-state index in [0.29, 0.717) is 30.3 Å². The predicted molar refractivity (Wildman–Crippen MR) is 64.1 cm³/mol. The summed E-state index contributed by atoms with van der Waals surface area (Å²) in [4.78, 5) is 12.8. The lowest BCUT2D eigenvalue weighted by molar-refractivity contribution is -0.150. The van der Waals surface area contributed by atoms with Crippen LogP contribution in [-0.4, -0.2) is 41.8 Å². The fourth-order valence-corrected chi connectivity index (χ4v) is 2.15. The van der Waals surface area contributed by atoms with Crippen molar-refractivity contribution in [2.45, 2.75) is 12.6 Å². The Labute approximate surface area is 109 Å². The summed E-state index contributed by atoms with van der Waals surface area (Å²) in [6, 6.07) is 3.44. The maximum atomic E-state index is 12.9. The maximum absolute atomic E-state index is 12.9. The molecule has 0 radical (unpaired) electrons.